The van der Waals surface area contributed by atoms with Crippen LogP contribution in [0.1, 0.15) is 23.2 Å². The second kappa shape index (κ2) is 6.50. The van der Waals surface area contributed by atoms with Crippen molar-refractivity contribution >= 4 is 17.5 Å². The first kappa shape index (κ1) is 15.1. The number of aromatic amines is 1. The van der Waals surface area contributed by atoms with Crippen molar-refractivity contribution in [2.45, 2.75) is 12.8 Å². The van der Waals surface area contributed by atoms with Crippen LogP contribution in [0.25, 0.3) is 11.3 Å². The van der Waals surface area contributed by atoms with Gasteiger partial charge in [0.15, 0.2) is 0 Å². The summed E-state index contributed by atoms with van der Waals surface area (Å²) in [7, 11) is 0. The van der Waals surface area contributed by atoms with Crippen LogP contribution in [0.3, 0.4) is 0 Å². The lowest BCUT2D eigenvalue weighted by molar-refractivity contribution is 0.0621. The molecular weight excluding hydrogens is 302 g/mol. The van der Waals surface area contributed by atoms with Crippen LogP contribution in [-0.2, 0) is 0 Å². The topological polar surface area (TPSA) is 69.2 Å². The maximum absolute atomic E-state index is 12.8. The first-order valence-electron chi connectivity index (χ1n) is 7.38. The molecule has 2 aromatic rings. The van der Waals surface area contributed by atoms with E-state index in [2.05, 4.69) is 10.2 Å². The third-order valence-corrected chi connectivity index (χ3v) is 4.28. The zero-order valence-electron chi connectivity index (χ0n) is 12.1. The second-order valence-corrected chi connectivity index (χ2v) is 6.05. The monoisotopic (exact) mass is 319 g/mol. The summed E-state index contributed by atoms with van der Waals surface area (Å²) in [6, 6.07) is 7.33. The lowest BCUT2D eigenvalue weighted by Crippen LogP contribution is -2.41. The van der Waals surface area contributed by atoms with Gasteiger partial charge in [-0.1, -0.05) is 23.7 Å². The normalized spacial score (nSPS) is 18.5. The summed E-state index contributed by atoms with van der Waals surface area (Å²) in [5, 5.41) is 16.8. The predicted octanol–water partition coefficient (Wildman–Crippen LogP) is 2.57. The number of aliphatic hydroxyl groups excluding tert-OH is 1. The minimum Gasteiger partial charge on any atom is -0.396 e. The van der Waals surface area contributed by atoms with E-state index in [9.17, 15) is 9.90 Å². The van der Waals surface area contributed by atoms with Crippen LogP contribution in [0, 0.1) is 5.92 Å². The maximum Gasteiger partial charge on any atom is 0.257 e. The summed E-state index contributed by atoms with van der Waals surface area (Å²) in [6.45, 7) is 1.43. The van der Waals surface area contributed by atoms with Crippen LogP contribution >= 0.6 is 11.6 Å². The summed E-state index contributed by atoms with van der Waals surface area (Å²) >= 11 is 6.02. The van der Waals surface area contributed by atoms with Crippen molar-refractivity contribution in [2.75, 3.05) is 19.7 Å². The molecule has 1 aromatic carbocycles. The fourth-order valence-corrected chi connectivity index (χ4v) is 3.07. The molecule has 1 amide bonds. The maximum atomic E-state index is 12.8. The molecule has 1 unspecified atom stereocenters. The number of hydrogen-bond donors (Lipinski definition) is 2. The quantitative estimate of drug-likeness (QED) is 0.913. The Morgan fingerprint density at radius 1 is 1.50 bits per heavy atom. The van der Waals surface area contributed by atoms with E-state index in [1.165, 1.54) is 0 Å². The number of benzene rings is 1. The van der Waals surface area contributed by atoms with Crippen molar-refractivity contribution < 1.29 is 9.90 Å². The highest BCUT2D eigenvalue weighted by Crippen LogP contribution is 2.26. The summed E-state index contributed by atoms with van der Waals surface area (Å²) < 4.78 is 0. The van der Waals surface area contributed by atoms with Crippen LogP contribution in [0.4, 0.5) is 0 Å². The van der Waals surface area contributed by atoms with Crippen molar-refractivity contribution in [3.8, 4) is 11.3 Å². The van der Waals surface area contributed by atoms with E-state index in [1.807, 2.05) is 12.1 Å². The first-order valence-corrected chi connectivity index (χ1v) is 7.76. The standard InChI is InChI=1S/C16H18ClN3O2/c17-13-5-1-4-12(7-13)15-14(8-18-19-15)16(22)20-6-2-3-11(9-20)10-21/h1,4-5,7-8,11,21H,2-3,6,9-10H2,(H,18,19). The number of nitrogens with zero attached hydrogens (tertiary/aromatic N) is 2. The summed E-state index contributed by atoms with van der Waals surface area (Å²) in [6.07, 6.45) is 3.44. The molecule has 0 spiro atoms. The van der Waals surface area contributed by atoms with E-state index in [-0.39, 0.29) is 18.4 Å². The van der Waals surface area contributed by atoms with Gasteiger partial charge in [0, 0.05) is 30.3 Å². The highest BCUT2D eigenvalue weighted by molar-refractivity contribution is 6.30. The molecule has 0 saturated carbocycles. The largest absolute Gasteiger partial charge is 0.396 e. The number of nitrogens with one attached hydrogen (secondary N) is 1. The molecule has 0 radical (unpaired) electrons. The molecule has 1 atom stereocenters. The number of carbonyl (C=O) groups is 1. The van der Waals surface area contributed by atoms with Gasteiger partial charge in [0.1, 0.15) is 0 Å². The number of amides is 1. The number of carbonyl (C=O) groups excluding carboxylic acids is 1. The van der Waals surface area contributed by atoms with Gasteiger partial charge in [0.25, 0.3) is 5.91 Å². The summed E-state index contributed by atoms with van der Waals surface area (Å²) in [5.41, 5.74) is 2.06. The lowest BCUT2D eigenvalue weighted by atomic mass is 9.98. The smallest absolute Gasteiger partial charge is 0.257 e. The molecule has 0 bridgehead atoms. The van der Waals surface area contributed by atoms with Gasteiger partial charge in [-0.2, -0.15) is 5.10 Å². The molecule has 2 heterocycles. The Labute approximate surface area is 133 Å². The highest BCUT2D eigenvalue weighted by atomic mass is 35.5. The molecule has 1 aromatic heterocycles. The van der Waals surface area contributed by atoms with Crippen molar-refractivity contribution in [2.24, 2.45) is 5.92 Å². The predicted molar refractivity (Wildman–Crippen MR) is 84.7 cm³/mol. The third-order valence-electron chi connectivity index (χ3n) is 4.05. The molecule has 2 N–H and O–H groups in total. The van der Waals surface area contributed by atoms with Gasteiger partial charge in [-0.3, -0.25) is 9.89 Å². The summed E-state index contributed by atoms with van der Waals surface area (Å²) in [5.74, 6) is 0.112. The van der Waals surface area contributed by atoms with Crippen LogP contribution in [0.15, 0.2) is 30.5 Å². The van der Waals surface area contributed by atoms with Gasteiger partial charge < -0.3 is 10.0 Å². The molecule has 6 heteroatoms. The Balaban J connectivity index is 1.86. The summed E-state index contributed by atoms with van der Waals surface area (Å²) in [4.78, 5) is 14.5. The van der Waals surface area contributed by atoms with Gasteiger partial charge in [-0.15, -0.1) is 0 Å². The van der Waals surface area contributed by atoms with Crippen molar-refractivity contribution in [3.63, 3.8) is 0 Å². The van der Waals surface area contributed by atoms with E-state index >= 15 is 0 Å². The first-order chi connectivity index (χ1) is 10.7. The van der Waals surface area contributed by atoms with Crippen molar-refractivity contribution in [1.29, 1.82) is 0 Å². The fourth-order valence-electron chi connectivity index (χ4n) is 2.88. The molecule has 0 aliphatic carbocycles. The molecule has 116 valence electrons. The minimum atomic E-state index is -0.0538. The molecule has 1 fully saturated rings. The SMILES string of the molecule is O=C(c1cn[nH]c1-c1cccc(Cl)c1)N1CCCC(CO)C1. The molecule has 22 heavy (non-hydrogen) atoms. The number of likely N-dealkylation sites (tertiary alicyclic amines) is 1. The number of aliphatic hydroxyl groups is 1. The Kier molecular flexibility index (Phi) is 4.45. The van der Waals surface area contributed by atoms with Crippen LogP contribution in [0.2, 0.25) is 5.02 Å². The van der Waals surface area contributed by atoms with Crippen LogP contribution in [-0.4, -0.2) is 45.8 Å². The molecule has 1 aliphatic rings. The highest BCUT2D eigenvalue weighted by Gasteiger charge is 2.26. The molecule has 1 aliphatic heterocycles. The zero-order chi connectivity index (χ0) is 15.5. The molecule has 1 saturated heterocycles. The Bertz CT molecular complexity index is 671. The number of halogens is 1. The van der Waals surface area contributed by atoms with Crippen molar-refractivity contribution in [1.82, 2.24) is 15.1 Å². The van der Waals surface area contributed by atoms with Gasteiger partial charge in [0.2, 0.25) is 0 Å². The minimum absolute atomic E-state index is 0.0538. The average molecular weight is 320 g/mol. The molecule has 3 rings (SSSR count). The van der Waals surface area contributed by atoms with Crippen LogP contribution < -0.4 is 0 Å². The average Bonchev–Trinajstić information content (AvgIpc) is 3.04. The van der Waals surface area contributed by atoms with E-state index in [0.717, 1.165) is 24.9 Å². The third kappa shape index (κ3) is 3.00. The Morgan fingerprint density at radius 2 is 2.36 bits per heavy atom. The van der Waals surface area contributed by atoms with Crippen LogP contribution in [0.5, 0.6) is 0 Å². The Morgan fingerprint density at radius 3 is 3.14 bits per heavy atom. The number of rotatable bonds is 3. The van der Waals surface area contributed by atoms with E-state index < -0.39 is 0 Å². The number of piperidine rings is 1. The fraction of sp³-hybridized carbons (Fsp3) is 0.375. The second-order valence-electron chi connectivity index (χ2n) is 5.61. The van der Waals surface area contributed by atoms with Gasteiger partial charge in [-0.25, -0.2) is 0 Å². The zero-order valence-corrected chi connectivity index (χ0v) is 12.9. The molecule has 5 nitrogen and oxygen atoms in total. The number of hydrogen-bond acceptors (Lipinski definition) is 3. The lowest BCUT2D eigenvalue weighted by Gasteiger charge is -2.31. The molecular formula is C16H18ClN3O2. The Hall–Kier alpha value is -1.85. The number of H-pyrrole nitrogens is 1. The van der Waals surface area contributed by atoms with Crippen molar-refractivity contribution in [3.05, 3.63) is 41.0 Å². The number of aromatic nitrogens is 2. The van der Waals surface area contributed by atoms with E-state index in [0.29, 0.717) is 22.8 Å². The van der Waals surface area contributed by atoms with E-state index in [4.69, 9.17) is 11.6 Å². The van der Waals surface area contributed by atoms with Gasteiger partial charge >= 0.3 is 0 Å². The van der Waals surface area contributed by atoms with Gasteiger partial charge in [0.05, 0.1) is 17.5 Å². The van der Waals surface area contributed by atoms with E-state index in [1.54, 1.807) is 23.2 Å². The van der Waals surface area contributed by atoms with Gasteiger partial charge in [-0.05, 0) is 30.9 Å².